The van der Waals surface area contributed by atoms with Gasteiger partial charge < -0.3 is 15.5 Å². The lowest BCUT2D eigenvalue weighted by Crippen LogP contribution is -2.38. The smallest absolute Gasteiger partial charge is 0.319 e. The fourth-order valence-corrected chi connectivity index (χ4v) is 3.50. The zero-order valence-electron chi connectivity index (χ0n) is 16.5. The van der Waals surface area contributed by atoms with Crippen LogP contribution in [-0.2, 0) is 4.79 Å². The van der Waals surface area contributed by atoms with Crippen LogP contribution in [0.5, 0.6) is 0 Å². The van der Waals surface area contributed by atoms with Gasteiger partial charge in [0.2, 0.25) is 5.91 Å². The van der Waals surface area contributed by atoms with E-state index in [0.717, 1.165) is 18.8 Å². The van der Waals surface area contributed by atoms with Crippen molar-refractivity contribution in [2.45, 2.75) is 25.8 Å². The number of urea groups is 1. The number of benzene rings is 2. The average Bonchev–Trinajstić information content (AvgIpc) is 3.23. The summed E-state index contributed by atoms with van der Waals surface area (Å²) in [5.41, 5.74) is 2.70. The first-order valence-electron chi connectivity index (χ1n) is 9.73. The van der Waals surface area contributed by atoms with Crippen LogP contribution in [0.2, 0.25) is 0 Å². The van der Waals surface area contributed by atoms with Crippen molar-refractivity contribution in [2.24, 2.45) is 0 Å². The summed E-state index contributed by atoms with van der Waals surface area (Å²) in [6.07, 6.45) is 2.41. The summed E-state index contributed by atoms with van der Waals surface area (Å²) in [7, 11) is 1.72. The summed E-state index contributed by atoms with van der Waals surface area (Å²) in [4.78, 5) is 27.8. The Labute approximate surface area is 166 Å². The maximum absolute atomic E-state index is 12.4. The number of rotatable bonds is 6. The molecular weight excluding hydrogens is 352 g/mol. The molecular formula is C22H28N4O2. The molecule has 2 N–H and O–H groups in total. The van der Waals surface area contributed by atoms with E-state index in [2.05, 4.69) is 27.7 Å². The van der Waals surface area contributed by atoms with E-state index in [9.17, 15) is 9.59 Å². The van der Waals surface area contributed by atoms with Crippen molar-refractivity contribution >= 4 is 23.3 Å². The summed E-state index contributed by atoms with van der Waals surface area (Å²) in [5, 5.41) is 5.87. The molecule has 6 heteroatoms. The fraction of sp³-hybridized carbons (Fsp3) is 0.364. The molecule has 1 atom stereocenters. The molecule has 1 aliphatic heterocycles. The molecule has 1 fully saturated rings. The Morgan fingerprint density at radius 1 is 1.04 bits per heavy atom. The van der Waals surface area contributed by atoms with Crippen LogP contribution in [0.1, 0.15) is 31.4 Å². The molecule has 0 radical (unpaired) electrons. The Hall–Kier alpha value is -2.86. The third-order valence-electron chi connectivity index (χ3n) is 5.21. The van der Waals surface area contributed by atoms with Crippen LogP contribution in [0.3, 0.4) is 0 Å². The minimum absolute atomic E-state index is 0.0349. The summed E-state index contributed by atoms with van der Waals surface area (Å²) in [6, 6.07) is 17.5. The molecule has 0 bridgehead atoms. The first-order chi connectivity index (χ1) is 13.5. The van der Waals surface area contributed by atoms with Crippen LogP contribution in [-0.4, -0.2) is 43.5 Å². The number of likely N-dealkylation sites (tertiary alicyclic amines) is 1. The van der Waals surface area contributed by atoms with Gasteiger partial charge >= 0.3 is 6.03 Å². The number of hydrogen-bond acceptors (Lipinski definition) is 3. The maximum atomic E-state index is 12.4. The second-order valence-corrected chi connectivity index (χ2v) is 7.13. The predicted molar refractivity (Wildman–Crippen MR) is 113 cm³/mol. The van der Waals surface area contributed by atoms with E-state index in [0.29, 0.717) is 12.2 Å². The van der Waals surface area contributed by atoms with Gasteiger partial charge in [0.05, 0.1) is 6.04 Å². The molecule has 0 saturated carbocycles. The van der Waals surface area contributed by atoms with E-state index in [4.69, 9.17) is 0 Å². The Bertz CT molecular complexity index is 786. The molecule has 0 aliphatic carbocycles. The number of anilines is 2. The zero-order valence-corrected chi connectivity index (χ0v) is 16.5. The topological polar surface area (TPSA) is 64.7 Å². The van der Waals surface area contributed by atoms with Crippen LogP contribution >= 0.6 is 0 Å². The van der Waals surface area contributed by atoms with Crippen molar-refractivity contribution in [2.75, 3.05) is 36.9 Å². The summed E-state index contributed by atoms with van der Waals surface area (Å²) < 4.78 is 0. The summed E-state index contributed by atoms with van der Waals surface area (Å²) in [6.45, 7) is 4.20. The lowest BCUT2D eigenvalue weighted by molar-refractivity contribution is -0.116. The lowest BCUT2D eigenvalue weighted by Gasteiger charge is -2.28. The van der Waals surface area contributed by atoms with Gasteiger partial charge in [0.1, 0.15) is 0 Å². The second-order valence-electron chi connectivity index (χ2n) is 7.13. The third-order valence-corrected chi connectivity index (χ3v) is 5.21. The van der Waals surface area contributed by atoms with Gasteiger partial charge in [-0.05, 0) is 55.8 Å². The Morgan fingerprint density at radius 2 is 1.68 bits per heavy atom. The Morgan fingerprint density at radius 3 is 2.29 bits per heavy atom. The molecule has 1 saturated heterocycles. The third kappa shape index (κ3) is 5.10. The maximum Gasteiger partial charge on any atom is 0.319 e. The van der Waals surface area contributed by atoms with Gasteiger partial charge in [0.25, 0.3) is 0 Å². The highest BCUT2D eigenvalue weighted by atomic mass is 16.2. The molecule has 1 unspecified atom stereocenters. The van der Waals surface area contributed by atoms with Crippen LogP contribution in [0.15, 0.2) is 54.6 Å². The van der Waals surface area contributed by atoms with Crippen molar-refractivity contribution in [3.05, 3.63) is 60.2 Å². The van der Waals surface area contributed by atoms with Gasteiger partial charge in [-0.2, -0.15) is 0 Å². The molecule has 0 aromatic heterocycles. The number of hydrogen-bond donors (Lipinski definition) is 2. The standard InChI is InChI=1S/C22H28N4O2/c1-17(27)25(2)20-12-10-19(11-13-20)24-22(28)23-16-21(26-14-6-7-15-26)18-8-4-3-5-9-18/h3-5,8-13,21H,6-7,14-16H2,1-2H3,(H2,23,24,28). The van der Waals surface area contributed by atoms with Crippen molar-refractivity contribution in [3.8, 4) is 0 Å². The quantitative estimate of drug-likeness (QED) is 0.804. The van der Waals surface area contributed by atoms with E-state index in [1.54, 1.807) is 24.1 Å². The average molecular weight is 380 g/mol. The number of amides is 3. The van der Waals surface area contributed by atoms with Crippen molar-refractivity contribution in [3.63, 3.8) is 0 Å². The summed E-state index contributed by atoms with van der Waals surface area (Å²) >= 11 is 0. The molecule has 3 rings (SSSR count). The summed E-state index contributed by atoms with van der Waals surface area (Å²) in [5.74, 6) is -0.0349. The highest BCUT2D eigenvalue weighted by Crippen LogP contribution is 2.24. The largest absolute Gasteiger partial charge is 0.336 e. The van der Waals surface area contributed by atoms with Gasteiger partial charge in [0.15, 0.2) is 0 Å². The van der Waals surface area contributed by atoms with Gasteiger partial charge in [0, 0.05) is 31.9 Å². The predicted octanol–water partition coefficient (Wildman–Crippen LogP) is 3.63. The van der Waals surface area contributed by atoms with Crippen LogP contribution in [0.25, 0.3) is 0 Å². The second kappa shape index (κ2) is 9.37. The van der Waals surface area contributed by atoms with Gasteiger partial charge in [-0.25, -0.2) is 4.79 Å². The van der Waals surface area contributed by atoms with E-state index in [-0.39, 0.29) is 18.0 Å². The first-order valence-corrected chi connectivity index (χ1v) is 9.73. The number of nitrogens with one attached hydrogen (secondary N) is 2. The molecule has 1 heterocycles. The SMILES string of the molecule is CC(=O)N(C)c1ccc(NC(=O)NCC(c2ccccc2)N2CCCC2)cc1. The monoisotopic (exact) mass is 380 g/mol. The van der Waals surface area contributed by atoms with E-state index in [1.165, 1.54) is 25.3 Å². The van der Waals surface area contributed by atoms with E-state index in [1.807, 2.05) is 30.3 Å². The number of carbonyl (C=O) groups is 2. The van der Waals surface area contributed by atoms with Crippen molar-refractivity contribution in [1.29, 1.82) is 0 Å². The molecule has 2 aromatic rings. The lowest BCUT2D eigenvalue weighted by atomic mass is 10.1. The number of carbonyl (C=O) groups excluding carboxylic acids is 2. The van der Waals surface area contributed by atoms with Crippen LogP contribution in [0.4, 0.5) is 16.2 Å². The van der Waals surface area contributed by atoms with E-state index >= 15 is 0 Å². The normalized spacial score (nSPS) is 15.1. The minimum atomic E-state index is -0.229. The highest BCUT2D eigenvalue weighted by molar-refractivity contribution is 5.92. The zero-order chi connectivity index (χ0) is 19.9. The van der Waals surface area contributed by atoms with Gasteiger partial charge in [-0.15, -0.1) is 0 Å². The Kier molecular flexibility index (Phi) is 6.66. The Balaban J connectivity index is 1.58. The molecule has 148 valence electrons. The van der Waals surface area contributed by atoms with Crippen LogP contribution < -0.4 is 15.5 Å². The van der Waals surface area contributed by atoms with Crippen molar-refractivity contribution in [1.82, 2.24) is 10.2 Å². The molecule has 3 amide bonds. The van der Waals surface area contributed by atoms with Gasteiger partial charge in [-0.3, -0.25) is 9.69 Å². The fourth-order valence-electron chi connectivity index (χ4n) is 3.50. The van der Waals surface area contributed by atoms with E-state index < -0.39 is 0 Å². The van der Waals surface area contributed by atoms with Crippen molar-refractivity contribution < 1.29 is 9.59 Å². The van der Waals surface area contributed by atoms with Crippen LogP contribution in [0, 0.1) is 0 Å². The molecule has 6 nitrogen and oxygen atoms in total. The first kappa shape index (κ1) is 19.9. The minimum Gasteiger partial charge on any atom is -0.336 e. The molecule has 1 aliphatic rings. The van der Waals surface area contributed by atoms with Gasteiger partial charge in [-0.1, -0.05) is 30.3 Å². The molecule has 0 spiro atoms. The number of nitrogens with zero attached hydrogens (tertiary/aromatic N) is 2. The molecule has 2 aromatic carbocycles. The molecule has 28 heavy (non-hydrogen) atoms. The highest BCUT2D eigenvalue weighted by Gasteiger charge is 2.23.